The Labute approximate surface area is 152 Å². The summed E-state index contributed by atoms with van der Waals surface area (Å²) in [4.78, 5) is 12.1. The van der Waals surface area contributed by atoms with Crippen LogP contribution in [-0.2, 0) is 6.61 Å². The standard InChI is InChI=1S/C21H19N3O2/c22-20-12-5-4-11-19(20)21(25)24-23-14-17-9-6-10-18(13-17)26-15-16-7-2-1-3-8-16/h1-14H,15,22H2,(H,24,25)/b23-14-. The molecule has 0 bridgehead atoms. The number of nitrogens with one attached hydrogen (secondary N) is 1. The van der Waals surface area contributed by atoms with Crippen molar-refractivity contribution in [1.29, 1.82) is 0 Å². The van der Waals surface area contributed by atoms with Gasteiger partial charge in [0.2, 0.25) is 0 Å². The Morgan fingerprint density at radius 1 is 1.00 bits per heavy atom. The average Bonchev–Trinajstić information content (AvgIpc) is 2.68. The molecule has 0 aliphatic heterocycles. The van der Waals surface area contributed by atoms with Crippen molar-refractivity contribution in [1.82, 2.24) is 5.43 Å². The van der Waals surface area contributed by atoms with Crippen LogP contribution in [0, 0.1) is 0 Å². The molecule has 0 heterocycles. The van der Waals surface area contributed by atoms with Gasteiger partial charge in [0.15, 0.2) is 0 Å². The first-order chi connectivity index (χ1) is 12.7. The molecule has 0 radical (unpaired) electrons. The molecule has 0 fully saturated rings. The number of hydrogen-bond donors (Lipinski definition) is 2. The summed E-state index contributed by atoms with van der Waals surface area (Å²) in [6.45, 7) is 0.492. The molecule has 3 aromatic carbocycles. The molecule has 0 aliphatic carbocycles. The smallest absolute Gasteiger partial charge is 0.273 e. The SMILES string of the molecule is Nc1ccccc1C(=O)N/N=C\c1cccc(OCc2ccccc2)c1. The summed E-state index contributed by atoms with van der Waals surface area (Å²) in [5.74, 6) is 0.382. The quantitative estimate of drug-likeness (QED) is 0.407. The van der Waals surface area contributed by atoms with Gasteiger partial charge in [0, 0.05) is 5.69 Å². The maximum absolute atomic E-state index is 12.1. The molecule has 5 heteroatoms. The first-order valence-electron chi connectivity index (χ1n) is 8.17. The van der Waals surface area contributed by atoms with E-state index in [0.29, 0.717) is 17.9 Å². The second-order valence-electron chi connectivity index (χ2n) is 5.63. The van der Waals surface area contributed by atoms with Crippen LogP contribution in [-0.4, -0.2) is 12.1 Å². The fraction of sp³-hybridized carbons (Fsp3) is 0.0476. The molecule has 130 valence electrons. The number of rotatable bonds is 6. The Kier molecular flexibility index (Phi) is 5.62. The van der Waals surface area contributed by atoms with E-state index in [4.69, 9.17) is 10.5 Å². The Morgan fingerprint density at radius 2 is 1.77 bits per heavy atom. The van der Waals surface area contributed by atoms with Crippen LogP contribution in [0.1, 0.15) is 21.5 Å². The number of hydrogen-bond acceptors (Lipinski definition) is 4. The van der Waals surface area contributed by atoms with Crippen molar-refractivity contribution in [2.75, 3.05) is 5.73 Å². The number of nitrogens with two attached hydrogens (primary N) is 1. The summed E-state index contributed by atoms with van der Waals surface area (Å²) in [7, 11) is 0. The molecule has 5 nitrogen and oxygen atoms in total. The van der Waals surface area contributed by atoms with Gasteiger partial charge in [-0.15, -0.1) is 0 Å². The van der Waals surface area contributed by atoms with Crippen LogP contribution in [0.5, 0.6) is 5.75 Å². The summed E-state index contributed by atoms with van der Waals surface area (Å²) in [6.07, 6.45) is 1.56. The molecule has 0 saturated carbocycles. The third kappa shape index (κ3) is 4.70. The zero-order chi connectivity index (χ0) is 18.2. The lowest BCUT2D eigenvalue weighted by Gasteiger charge is -2.07. The van der Waals surface area contributed by atoms with Crippen molar-refractivity contribution in [3.05, 3.63) is 95.6 Å². The predicted octanol–water partition coefficient (Wildman–Crippen LogP) is 3.61. The molecule has 3 aromatic rings. The van der Waals surface area contributed by atoms with Crippen LogP contribution in [0.15, 0.2) is 84.0 Å². The second kappa shape index (κ2) is 8.48. The molecule has 0 spiro atoms. The van der Waals surface area contributed by atoms with Gasteiger partial charge in [-0.25, -0.2) is 5.43 Å². The lowest BCUT2D eigenvalue weighted by molar-refractivity contribution is 0.0956. The van der Waals surface area contributed by atoms with E-state index in [1.54, 1.807) is 30.5 Å². The molecule has 0 aliphatic rings. The summed E-state index contributed by atoms with van der Waals surface area (Å²) in [6, 6.07) is 24.3. The lowest BCUT2D eigenvalue weighted by Crippen LogP contribution is -2.18. The molecule has 3 rings (SSSR count). The topological polar surface area (TPSA) is 76.7 Å². The largest absolute Gasteiger partial charge is 0.489 e. The van der Waals surface area contributed by atoms with E-state index in [1.165, 1.54) is 0 Å². The second-order valence-corrected chi connectivity index (χ2v) is 5.63. The predicted molar refractivity (Wildman–Crippen MR) is 103 cm³/mol. The minimum absolute atomic E-state index is 0.351. The van der Waals surface area contributed by atoms with Crippen molar-refractivity contribution in [2.45, 2.75) is 6.61 Å². The highest BCUT2D eigenvalue weighted by Crippen LogP contribution is 2.14. The third-order valence-electron chi connectivity index (χ3n) is 3.69. The molecule has 3 N–H and O–H groups in total. The minimum Gasteiger partial charge on any atom is -0.489 e. The van der Waals surface area contributed by atoms with Crippen LogP contribution in [0.25, 0.3) is 0 Å². The summed E-state index contributed by atoms with van der Waals surface area (Å²) < 4.78 is 5.78. The molecule has 0 saturated heterocycles. The number of hydrazone groups is 1. The van der Waals surface area contributed by atoms with Crippen molar-refractivity contribution in [3.63, 3.8) is 0 Å². The first-order valence-corrected chi connectivity index (χ1v) is 8.17. The molecular weight excluding hydrogens is 326 g/mol. The highest BCUT2D eigenvalue weighted by Gasteiger charge is 2.06. The van der Waals surface area contributed by atoms with E-state index in [9.17, 15) is 4.79 Å². The van der Waals surface area contributed by atoms with E-state index in [1.807, 2.05) is 54.6 Å². The number of carbonyl (C=O) groups is 1. The van der Waals surface area contributed by atoms with Crippen LogP contribution >= 0.6 is 0 Å². The Bertz CT molecular complexity index is 908. The monoisotopic (exact) mass is 345 g/mol. The fourth-order valence-corrected chi connectivity index (χ4v) is 2.35. The number of para-hydroxylation sites is 1. The van der Waals surface area contributed by atoms with Gasteiger partial charge >= 0.3 is 0 Å². The van der Waals surface area contributed by atoms with Crippen molar-refractivity contribution in [3.8, 4) is 5.75 Å². The molecule has 0 aromatic heterocycles. The molecule has 0 atom stereocenters. The van der Waals surface area contributed by atoms with Crippen molar-refractivity contribution >= 4 is 17.8 Å². The number of benzene rings is 3. The number of anilines is 1. The molecule has 26 heavy (non-hydrogen) atoms. The van der Waals surface area contributed by atoms with E-state index < -0.39 is 0 Å². The minimum atomic E-state index is -0.351. The van der Waals surface area contributed by atoms with Crippen molar-refractivity contribution < 1.29 is 9.53 Å². The maximum atomic E-state index is 12.1. The van der Waals surface area contributed by atoms with Crippen LogP contribution in [0.3, 0.4) is 0 Å². The maximum Gasteiger partial charge on any atom is 0.273 e. The third-order valence-corrected chi connectivity index (χ3v) is 3.69. The number of nitrogens with zero attached hydrogens (tertiary/aromatic N) is 1. The average molecular weight is 345 g/mol. The number of ether oxygens (including phenoxy) is 1. The summed E-state index contributed by atoms with van der Waals surface area (Å²) in [5.41, 5.74) is 11.0. The van der Waals surface area contributed by atoms with Crippen LogP contribution in [0.4, 0.5) is 5.69 Å². The molecule has 0 unspecified atom stereocenters. The van der Waals surface area contributed by atoms with E-state index in [-0.39, 0.29) is 5.91 Å². The van der Waals surface area contributed by atoms with Gasteiger partial charge in [0.25, 0.3) is 5.91 Å². The number of carbonyl (C=O) groups excluding carboxylic acids is 1. The Balaban J connectivity index is 1.59. The molecule has 1 amide bonds. The van der Waals surface area contributed by atoms with E-state index >= 15 is 0 Å². The fourth-order valence-electron chi connectivity index (χ4n) is 2.35. The van der Waals surface area contributed by atoms with Gasteiger partial charge in [-0.1, -0.05) is 54.6 Å². The first kappa shape index (κ1) is 17.2. The van der Waals surface area contributed by atoms with Crippen molar-refractivity contribution in [2.24, 2.45) is 5.10 Å². The van der Waals surface area contributed by atoms with Gasteiger partial charge in [-0.05, 0) is 35.4 Å². The summed E-state index contributed by atoms with van der Waals surface area (Å²) >= 11 is 0. The van der Waals surface area contributed by atoms with Crippen LogP contribution in [0.2, 0.25) is 0 Å². The highest BCUT2D eigenvalue weighted by molar-refractivity contribution is 5.99. The van der Waals surface area contributed by atoms with Gasteiger partial charge in [-0.2, -0.15) is 5.10 Å². The van der Waals surface area contributed by atoms with E-state index in [0.717, 1.165) is 16.9 Å². The van der Waals surface area contributed by atoms with Gasteiger partial charge in [0.1, 0.15) is 12.4 Å². The van der Waals surface area contributed by atoms with Gasteiger partial charge < -0.3 is 10.5 Å². The Morgan fingerprint density at radius 3 is 2.58 bits per heavy atom. The van der Waals surface area contributed by atoms with Crippen LogP contribution < -0.4 is 15.9 Å². The lowest BCUT2D eigenvalue weighted by atomic mass is 10.2. The Hall–Kier alpha value is -3.60. The molecular formula is C21H19N3O2. The number of nitrogen functional groups attached to an aromatic ring is 1. The zero-order valence-electron chi connectivity index (χ0n) is 14.1. The van der Waals surface area contributed by atoms with Gasteiger partial charge in [-0.3, -0.25) is 4.79 Å². The number of amides is 1. The van der Waals surface area contributed by atoms with E-state index in [2.05, 4.69) is 10.5 Å². The van der Waals surface area contributed by atoms with Gasteiger partial charge in [0.05, 0.1) is 11.8 Å². The normalized spacial score (nSPS) is 10.6. The summed E-state index contributed by atoms with van der Waals surface area (Å²) in [5, 5.41) is 3.98. The highest BCUT2D eigenvalue weighted by atomic mass is 16.5. The zero-order valence-corrected chi connectivity index (χ0v) is 14.1.